The van der Waals surface area contributed by atoms with Crippen molar-refractivity contribution in [3.8, 4) is 0 Å². The zero-order valence-electron chi connectivity index (χ0n) is 65.1. The van der Waals surface area contributed by atoms with Crippen LogP contribution in [0.4, 0.5) is 0 Å². The molecule has 0 saturated carbocycles. The maximum absolute atomic E-state index is 13.1. The van der Waals surface area contributed by atoms with Gasteiger partial charge in [0, 0.05) is 25.7 Å². The van der Waals surface area contributed by atoms with Crippen molar-refractivity contribution in [2.45, 2.75) is 427 Å². The number of unbranched alkanes of at least 4 members (excludes halogenated alkanes) is 43. The van der Waals surface area contributed by atoms with Gasteiger partial charge in [-0.25, -0.2) is 9.13 Å². The van der Waals surface area contributed by atoms with Gasteiger partial charge in [0.25, 0.3) is 0 Å². The van der Waals surface area contributed by atoms with Crippen molar-refractivity contribution in [2.24, 2.45) is 23.7 Å². The second-order valence-corrected chi connectivity index (χ2v) is 33.6. The highest BCUT2D eigenvalue weighted by Gasteiger charge is 2.30. The average Bonchev–Trinajstić information content (AvgIpc) is 1.05. The van der Waals surface area contributed by atoms with E-state index < -0.39 is 97.5 Å². The van der Waals surface area contributed by atoms with Crippen LogP contribution < -0.4 is 0 Å². The lowest BCUT2D eigenvalue weighted by Gasteiger charge is -2.21. The van der Waals surface area contributed by atoms with E-state index in [1.807, 2.05) is 0 Å². The van der Waals surface area contributed by atoms with E-state index in [0.29, 0.717) is 25.7 Å². The molecule has 3 unspecified atom stereocenters. The lowest BCUT2D eigenvalue weighted by atomic mass is 10.0. The van der Waals surface area contributed by atoms with Crippen LogP contribution in [0, 0.1) is 23.7 Å². The topological polar surface area (TPSA) is 237 Å². The zero-order chi connectivity index (χ0) is 73.1. The Morgan fingerprint density at radius 2 is 0.424 bits per heavy atom. The molecule has 0 radical (unpaired) electrons. The molecule has 0 aliphatic rings. The maximum atomic E-state index is 13.1. The number of esters is 4. The van der Waals surface area contributed by atoms with E-state index in [4.69, 9.17) is 37.0 Å². The normalized spacial score (nSPS) is 14.1. The Labute approximate surface area is 607 Å². The fraction of sp³-hybridized carbons (Fsp3) is 0.950. The van der Waals surface area contributed by atoms with Gasteiger partial charge >= 0.3 is 39.5 Å². The smallest absolute Gasteiger partial charge is 0.462 e. The summed E-state index contributed by atoms with van der Waals surface area (Å²) in [7, 11) is -9.92. The van der Waals surface area contributed by atoms with E-state index in [2.05, 4.69) is 55.4 Å². The summed E-state index contributed by atoms with van der Waals surface area (Å²) in [5, 5.41) is 10.6. The molecule has 5 atom stereocenters. The third kappa shape index (κ3) is 74.1. The van der Waals surface area contributed by atoms with Crippen molar-refractivity contribution in [1.29, 1.82) is 0 Å². The molecular formula is C80H156O17P2. The summed E-state index contributed by atoms with van der Waals surface area (Å²) in [5.41, 5.74) is 0. The number of hydrogen-bond acceptors (Lipinski definition) is 15. The van der Waals surface area contributed by atoms with E-state index >= 15 is 0 Å². The Morgan fingerprint density at radius 1 is 0.253 bits per heavy atom. The SMILES string of the molecule is CC(C)CCCCCCCCCCCCCCCCCCCCC(=O)O[C@H](COC(=O)CCCCCCCCCCCCCCCC(C)C)COP(=O)(O)OCC(O)COP(=O)(O)OC[C@@H](COC(=O)CCCCCCCCCCC(C)C)OC(=O)CCCCCCCCCCC(C)C. The number of ether oxygens (including phenoxy) is 4. The summed E-state index contributed by atoms with van der Waals surface area (Å²) in [6, 6.07) is 0. The molecule has 0 heterocycles. The van der Waals surface area contributed by atoms with Crippen molar-refractivity contribution in [3.05, 3.63) is 0 Å². The van der Waals surface area contributed by atoms with Gasteiger partial charge in [0.05, 0.1) is 26.4 Å². The molecule has 17 nitrogen and oxygen atoms in total. The highest BCUT2D eigenvalue weighted by Crippen LogP contribution is 2.45. The molecule has 0 rings (SSSR count). The predicted molar refractivity (Wildman–Crippen MR) is 404 cm³/mol. The van der Waals surface area contributed by atoms with E-state index in [0.717, 1.165) is 114 Å². The molecule has 0 saturated heterocycles. The van der Waals surface area contributed by atoms with Gasteiger partial charge in [-0.3, -0.25) is 37.3 Å². The number of carbonyl (C=O) groups excluding carboxylic acids is 4. The summed E-state index contributed by atoms with van der Waals surface area (Å²) in [6.45, 7) is 14.2. The summed E-state index contributed by atoms with van der Waals surface area (Å²) in [6.07, 6.45) is 55.7. The van der Waals surface area contributed by atoms with Gasteiger partial charge in [-0.1, -0.05) is 357 Å². The third-order valence-corrected chi connectivity index (χ3v) is 20.5. The first-order valence-electron chi connectivity index (χ1n) is 41.2. The number of rotatable bonds is 77. The minimum absolute atomic E-state index is 0.104. The van der Waals surface area contributed by atoms with Crippen LogP contribution in [0.25, 0.3) is 0 Å². The van der Waals surface area contributed by atoms with Crippen LogP contribution in [0.3, 0.4) is 0 Å². The van der Waals surface area contributed by atoms with Gasteiger partial charge in [-0.2, -0.15) is 0 Å². The molecule has 588 valence electrons. The van der Waals surface area contributed by atoms with Crippen LogP contribution in [-0.2, 0) is 65.4 Å². The van der Waals surface area contributed by atoms with E-state index in [-0.39, 0.29) is 25.7 Å². The molecule has 0 fully saturated rings. The van der Waals surface area contributed by atoms with Crippen LogP contribution in [-0.4, -0.2) is 96.7 Å². The van der Waals surface area contributed by atoms with Crippen LogP contribution in [0.15, 0.2) is 0 Å². The highest BCUT2D eigenvalue weighted by molar-refractivity contribution is 7.47. The van der Waals surface area contributed by atoms with Crippen LogP contribution in [0.1, 0.15) is 409 Å². The number of carbonyl (C=O) groups is 4. The number of aliphatic hydroxyl groups excluding tert-OH is 1. The Hall–Kier alpha value is -1.94. The molecule has 0 bridgehead atoms. The molecule has 0 aliphatic carbocycles. The average molecular weight is 1450 g/mol. The van der Waals surface area contributed by atoms with Gasteiger partial charge in [0.15, 0.2) is 12.2 Å². The first-order chi connectivity index (χ1) is 47.6. The second kappa shape index (κ2) is 69.1. The van der Waals surface area contributed by atoms with Crippen molar-refractivity contribution < 1.29 is 80.2 Å². The van der Waals surface area contributed by atoms with Crippen LogP contribution in [0.5, 0.6) is 0 Å². The molecule has 0 amide bonds. The third-order valence-electron chi connectivity index (χ3n) is 18.6. The minimum Gasteiger partial charge on any atom is -0.462 e. The monoisotopic (exact) mass is 1450 g/mol. The fourth-order valence-corrected chi connectivity index (χ4v) is 13.8. The Kier molecular flexibility index (Phi) is 67.8. The molecule has 99 heavy (non-hydrogen) atoms. The number of phosphoric ester groups is 2. The van der Waals surface area contributed by atoms with Gasteiger partial charge in [0.1, 0.15) is 19.3 Å². The van der Waals surface area contributed by atoms with Gasteiger partial charge in [-0.05, 0) is 49.4 Å². The zero-order valence-corrected chi connectivity index (χ0v) is 66.9. The van der Waals surface area contributed by atoms with Crippen LogP contribution >= 0.6 is 15.6 Å². The van der Waals surface area contributed by atoms with Crippen molar-refractivity contribution in [1.82, 2.24) is 0 Å². The largest absolute Gasteiger partial charge is 0.472 e. The van der Waals surface area contributed by atoms with Crippen molar-refractivity contribution in [2.75, 3.05) is 39.6 Å². The lowest BCUT2D eigenvalue weighted by molar-refractivity contribution is -0.161. The number of phosphoric acid groups is 2. The Bertz CT molecular complexity index is 1940. The van der Waals surface area contributed by atoms with Crippen LogP contribution in [0.2, 0.25) is 0 Å². The molecule has 0 aliphatic heterocycles. The molecule has 0 aromatic heterocycles. The van der Waals surface area contributed by atoms with Crippen molar-refractivity contribution >= 4 is 39.5 Å². The standard InChI is InChI=1S/C80H156O17P2/c1-70(2)56-48-40-32-24-20-16-13-11-9-10-12-14-18-23-27-38-46-54-62-79(84)96-75(66-90-77(82)60-52-44-36-26-22-19-15-17-21-25-33-41-49-57-71(3)4)68-94-98(86,87)92-64-74(81)65-93-99(88,89)95-69-76(97-80(85)63-55-47-39-31-29-35-43-51-59-73(7)8)67-91-78(83)61-53-45-37-30-28-34-42-50-58-72(5)6/h70-76,81H,9-69H2,1-8H3,(H,86,87)(H,88,89)/t74?,75-,76-/m1/s1. The molecule has 3 N–H and O–H groups in total. The summed E-state index contributed by atoms with van der Waals surface area (Å²) in [5.74, 6) is 0.938. The van der Waals surface area contributed by atoms with Gasteiger partial charge in [-0.15, -0.1) is 0 Å². The van der Waals surface area contributed by atoms with E-state index in [1.54, 1.807) is 0 Å². The lowest BCUT2D eigenvalue weighted by Crippen LogP contribution is -2.30. The highest BCUT2D eigenvalue weighted by atomic mass is 31.2. The number of hydrogen-bond donors (Lipinski definition) is 3. The fourth-order valence-electron chi connectivity index (χ4n) is 12.3. The maximum Gasteiger partial charge on any atom is 0.472 e. The Morgan fingerprint density at radius 3 is 0.626 bits per heavy atom. The molecule has 19 heteroatoms. The minimum atomic E-state index is -4.96. The molecular weight excluding hydrogens is 1290 g/mol. The predicted octanol–water partition coefficient (Wildman–Crippen LogP) is 23.6. The molecule has 0 aromatic rings. The number of aliphatic hydroxyl groups is 1. The summed E-state index contributed by atoms with van der Waals surface area (Å²) >= 11 is 0. The molecule has 0 aromatic carbocycles. The first-order valence-corrected chi connectivity index (χ1v) is 44.2. The Balaban J connectivity index is 5.22. The van der Waals surface area contributed by atoms with E-state index in [1.165, 1.54) is 212 Å². The first kappa shape index (κ1) is 97.1. The second-order valence-electron chi connectivity index (χ2n) is 30.7. The van der Waals surface area contributed by atoms with Gasteiger partial charge in [0.2, 0.25) is 0 Å². The quantitative estimate of drug-likeness (QED) is 0.0222. The summed E-state index contributed by atoms with van der Waals surface area (Å²) in [4.78, 5) is 72.9. The molecule has 0 spiro atoms. The van der Waals surface area contributed by atoms with Crippen molar-refractivity contribution in [3.63, 3.8) is 0 Å². The van der Waals surface area contributed by atoms with Gasteiger partial charge < -0.3 is 33.8 Å². The van der Waals surface area contributed by atoms with E-state index in [9.17, 15) is 43.2 Å². The summed E-state index contributed by atoms with van der Waals surface area (Å²) < 4.78 is 68.6.